The molecule has 110 valence electrons. The minimum Gasteiger partial charge on any atom is -0.480 e. The van der Waals surface area contributed by atoms with Crippen molar-refractivity contribution < 1.29 is 24.3 Å². The summed E-state index contributed by atoms with van der Waals surface area (Å²) in [6.07, 6.45) is -1.20. The molecule has 0 amide bonds. The highest BCUT2D eigenvalue weighted by Crippen LogP contribution is 2.24. The Bertz CT molecular complexity index is 523. The van der Waals surface area contributed by atoms with Gasteiger partial charge in [-0.05, 0) is 25.5 Å². The van der Waals surface area contributed by atoms with Crippen molar-refractivity contribution in [1.82, 2.24) is 5.32 Å². The van der Waals surface area contributed by atoms with E-state index in [0.717, 1.165) is 12.1 Å². The molecule has 0 aliphatic rings. The fraction of sp³-hybridized carbons (Fsp3) is 0.417. The van der Waals surface area contributed by atoms with E-state index in [-0.39, 0.29) is 5.56 Å². The zero-order valence-electron chi connectivity index (χ0n) is 10.9. The molecular weight excluding hydrogens is 271 g/mol. The Morgan fingerprint density at radius 3 is 2.55 bits per heavy atom. The van der Waals surface area contributed by atoms with Crippen LogP contribution < -0.4 is 5.32 Å². The summed E-state index contributed by atoms with van der Waals surface area (Å²) in [7, 11) is 0. The number of rotatable bonds is 6. The van der Waals surface area contributed by atoms with Crippen LogP contribution in [0.2, 0.25) is 0 Å². The first-order valence-electron chi connectivity index (χ1n) is 5.84. The van der Waals surface area contributed by atoms with Crippen molar-refractivity contribution in [2.24, 2.45) is 0 Å². The molecule has 0 saturated heterocycles. The zero-order chi connectivity index (χ0) is 15.4. The summed E-state index contributed by atoms with van der Waals surface area (Å²) in [5.74, 6) is -2.08. The van der Waals surface area contributed by atoms with Gasteiger partial charge in [0, 0.05) is 12.1 Å². The second-order valence-electron chi connectivity index (χ2n) is 4.43. The first kappa shape index (κ1) is 16.0. The van der Waals surface area contributed by atoms with Crippen LogP contribution in [-0.2, 0) is 4.79 Å². The Hall–Kier alpha value is -2.06. The maximum Gasteiger partial charge on any atom is 0.320 e. The number of nitro groups is 1. The van der Waals surface area contributed by atoms with E-state index in [0.29, 0.717) is 0 Å². The third-order valence-electron chi connectivity index (χ3n) is 2.87. The molecule has 1 aromatic rings. The molecular formula is C12H15FN2O5. The number of halogens is 1. The Morgan fingerprint density at radius 1 is 1.45 bits per heavy atom. The summed E-state index contributed by atoms with van der Waals surface area (Å²) in [5.41, 5.74) is -0.601. The molecule has 3 unspecified atom stereocenters. The minimum atomic E-state index is -1.20. The molecule has 0 fully saturated rings. The number of benzene rings is 1. The second kappa shape index (κ2) is 6.40. The van der Waals surface area contributed by atoms with Crippen molar-refractivity contribution >= 4 is 11.7 Å². The molecule has 1 aromatic carbocycles. The van der Waals surface area contributed by atoms with Gasteiger partial charge in [0.15, 0.2) is 0 Å². The summed E-state index contributed by atoms with van der Waals surface area (Å²) in [6.45, 7) is 2.93. The molecule has 0 aliphatic carbocycles. The molecule has 0 saturated carbocycles. The topological polar surface area (TPSA) is 113 Å². The lowest BCUT2D eigenvalue weighted by Gasteiger charge is -2.22. The van der Waals surface area contributed by atoms with Gasteiger partial charge in [0.25, 0.3) is 0 Å². The zero-order valence-corrected chi connectivity index (χ0v) is 10.9. The van der Waals surface area contributed by atoms with Crippen LogP contribution >= 0.6 is 0 Å². The second-order valence-corrected chi connectivity index (χ2v) is 4.43. The average Bonchev–Trinajstić information content (AvgIpc) is 2.37. The number of carbonyl (C=O) groups is 1. The van der Waals surface area contributed by atoms with E-state index in [9.17, 15) is 24.4 Å². The van der Waals surface area contributed by atoms with Crippen molar-refractivity contribution in [3.05, 3.63) is 39.7 Å². The Balaban J connectivity index is 2.91. The van der Waals surface area contributed by atoms with E-state index < -0.39 is 40.6 Å². The van der Waals surface area contributed by atoms with Gasteiger partial charge in [0.05, 0.1) is 11.0 Å². The van der Waals surface area contributed by atoms with Crippen LogP contribution in [0.5, 0.6) is 0 Å². The molecule has 1 rings (SSSR count). The van der Waals surface area contributed by atoms with Gasteiger partial charge in [0.2, 0.25) is 5.82 Å². The molecule has 7 nitrogen and oxygen atoms in total. The van der Waals surface area contributed by atoms with Gasteiger partial charge in [-0.15, -0.1) is 0 Å². The monoisotopic (exact) mass is 286 g/mol. The number of aliphatic carboxylic acids is 1. The summed E-state index contributed by atoms with van der Waals surface area (Å²) in [4.78, 5) is 20.4. The van der Waals surface area contributed by atoms with Crippen molar-refractivity contribution in [2.75, 3.05) is 0 Å². The van der Waals surface area contributed by atoms with Crippen molar-refractivity contribution in [1.29, 1.82) is 0 Å². The summed E-state index contributed by atoms with van der Waals surface area (Å²) < 4.78 is 13.2. The van der Waals surface area contributed by atoms with Crippen molar-refractivity contribution in [3.63, 3.8) is 0 Å². The number of nitro benzene ring substituents is 1. The fourth-order valence-corrected chi connectivity index (χ4v) is 1.70. The van der Waals surface area contributed by atoms with Crippen molar-refractivity contribution in [3.8, 4) is 0 Å². The van der Waals surface area contributed by atoms with Crippen LogP contribution in [0.3, 0.4) is 0 Å². The first-order valence-corrected chi connectivity index (χ1v) is 5.84. The van der Waals surface area contributed by atoms with Gasteiger partial charge in [-0.25, -0.2) is 0 Å². The van der Waals surface area contributed by atoms with E-state index >= 15 is 0 Å². The predicted molar refractivity (Wildman–Crippen MR) is 67.7 cm³/mol. The molecule has 0 aromatic heterocycles. The molecule has 20 heavy (non-hydrogen) atoms. The van der Waals surface area contributed by atoms with Crippen LogP contribution in [0.15, 0.2) is 18.2 Å². The molecule has 3 atom stereocenters. The van der Waals surface area contributed by atoms with Crippen molar-refractivity contribution in [2.45, 2.75) is 32.0 Å². The smallest absolute Gasteiger partial charge is 0.320 e. The number of nitrogens with zero attached hydrogens (tertiary/aromatic N) is 1. The van der Waals surface area contributed by atoms with E-state index in [2.05, 4.69) is 5.32 Å². The lowest BCUT2D eigenvalue weighted by Crippen LogP contribution is -2.42. The van der Waals surface area contributed by atoms with E-state index in [1.807, 2.05) is 0 Å². The number of hydrogen-bond acceptors (Lipinski definition) is 5. The number of hydrogen-bond donors (Lipinski definition) is 3. The van der Waals surface area contributed by atoms with Crippen LogP contribution in [-0.4, -0.2) is 33.2 Å². The largest absolute Gasteiger partial charge is 0.480 e. The average molecular weight is 286 g/mol. The summed E-state index contributed by atoms with van der Waals surface area (Å²) in [5, 5.41) is 32.0. The van der Waals surface area contributed by atoms with Crippen LogP contribution in [0.25, 0.3) is 0 Å². The number of carboxylic acids is 1. The lowest BCUT2D eigenvalue weighted by molar-refractivity contribution is -0.387. The maximum atomic E-state index is 13.2. The third kappa shape index (κ3) is 3.72. The highest BCUT2D eigenvalue weighted by Gasteiger charge is 2.24. The summed E-state index contributed by atoms with van der Waals surface area (Å²) in [6, 6.07) is 1.48. The lowest BCUT2D eigenvalue weighted by atomic mass is 10.0. The predicted octanol–water partition coefficient (Wildman–Crippen LogP) is 1.22. The van der Waals surface area contributed by atoms with Gasteiger partial charge >= 0.3 is 11.7 Å². The Morgan fingerprint density at radius 2 is 2.05 bits per heavy atom. The van der Waals surface area contributed by atoms with Gasteiger partial charge in [0.1, 0.15) is 6.04 Å². The summed E-state index contributed by atoms with van der Waals surface area (Å²) >= 11 is 0. The Labute approximate surface area is 114 Å². The molecule has 0 spiro atoms. The third-order valence-corrected chi connectivity index (χ3v) is 2.87. The number of aliphatic hydroxyl groups is 1. The molecule has 8 heteroatoms. The SMILES string of the molecule is CC(NC(C)C(O)c1ccc(F)c([N+](=O)[O-])c1)C(=O)O. The highest BCUT2D eigenvalue weighted by atomic mass is 19.1. The molecule has 0 bridgehead atoms. The van der Waals surface area contributed by atoms with E-state index in [1.165, 1.54) is 19.9 Å². The standard InChI is InChI=1S/C12H15FN2O5/c1-6(14-7(2)12(17)18)11(16)8-3-4-9(13)10(5-8)15(19)20/h3-7,11,14,16H,1-2H3,(H,17,18). The van der Waals surface area contributed by atoms with Crippen LogP contribution in [0.1, 0.15) is 25.5 Å². The molecule has 3 N–H and O–H groups in total. The highest BCUT2D eigenvalue weighted by molar-refractivity contribution is 5.72. The minimum absolute atomic E-state index is 0.135. The molecule has 0 heterocycles. The van der Waals surface area contributed by atoms with Crippen LogP contribution in [0.4, 0.5) is 10.1 Å². The molecule has 0 aliphatic heterocycles. The number of aliphatic hydroxyl groups excluding tert-OH is 1. The quantitative estimate of drug-likeness (QED) is 0.535. The number of carboxylic acid groups (broad SMARTS) is 1. The van der Waals surface area contributed by atoms with E-state index in [4.69, 9.17) is 5.11 Å². The van der Waals surface area contributed by atoms with Crippen LogP contribution in [0, 0.1) is 15.9 Å². The maximum absolute atomic E-state index is 13.2. The number of nitrogens with one attached hydrogen (secondary N) is 1. The van der Waals surface area contributed by atoms with E-state index in [1.54, 1.807) is 0 Å². The Kier molecular flexibility index (Phi) is 5.12. The normalized spacial score (nSPS) is 15.4. The van der Waals surface area contributed by atoms with Gasteiger partial charge in [-0.2, -0.15) is 4.39 Å². The molecule has 0 radical (unpaired) electrons. The van der Waals surface area contributed by atoms with Gasteiger partial charge in [-0.1, -0.05) is 6.07 Å². The fourth-order valence-electron chi connectivity index (χ4n) is 1.70. The first-order chi connectivity index (χ1) is 9.23. The van der Waals surface area contributed by atoms with Gasteiger partial charge < -0.3 is 10.2 Å². The van der Waals surface area contributed by atoms with Gasteiger partial charge in [-0.3, -0.25) is 20.2 Å².